The molecule has 2 aromatic carbocycles. The molecule has 0 bridgehead atoms. The van der Waals surface area contributed by atoms with E-state index in [1.54, 1.807) is 4.90 Å². The lowest BCUT2D eigenvalue weighted by atomic mass is 10.2. The molecule has 1 N–H and O–H groups in total. The standard InChI is InChI=1S/C20H23F3N4O/c1-25(2)17-6-8-18(9-7-17)26-10-12-27(13-11-26)19(28)24-16-5-3-4-15(14-16)20(21,22)23/h3-9,14H,10-13H2,1-2H3,(H,24,28). The minimum absolute atomic E-state index is 0.140. The quantitative estimate of drug-likeness (QED) is 0.854. The molecule has 0 aromatic heterocycles. The second-order valence-corrected chi connectivity index (χ2v) is 6.89. The topological polar surface area (TPSA) is 38.8 Å². The van der Waals surface area contributed by atoms with Gasteiger partial charge in [-0.25, -0.2) is 4.79 Å². The number of urea groups is 1. The van der Waals surface area contributed by atoms with Crippen molar-refractivity contribution in [3.63, 3.8) is 0 Å². The van der Waals surface area contributed by atoms with E-state index in [1.165, 1.54) is 12.1 Å². The summed E-state index contributed by atoms with van der Waals surface area (Å²) in [6.45, 7) is 2.33. The summed E-state index contributed by atoms with van der Waals surface area (Å²) in [7, 11) is 3.97. The minimum atomic E-state index is -4.44. The summed E-state index contributed by atoms with van der Waals surface area (Å²) in [6, 6.07) is 12.5. The maximum absolute atomic E-state index is 12.8. The molecule has 0 unspecified atom stereocenters. The van der Waals surface area contributed by atoms with Crippen LogP contribution in [0.25, 0.3) is 0 Å². The van der Waals surface area contributed by atoms with Crippen molar-refractivity contribution < 1.29 is 18.0 Å². The van der Waals surface area contributed by atoms with Gasteiger partial charge in [-0.3, -0.25) is 0 Å². The zero-order valence-electron chi connectivity index (χ0n) is 15.8. The third-order valence-electron chi connectivity index (χ3n) is 4.74. The number of nitrogens with zero attached hydrogens (tertiary/aromatic N) is 3. The molecule has 1 fully saturated rings. The number of halogens is 3. The molecule has 1 saturated heterocycles. The molecular formula is C20H23F3N4O. The molecule has 1 heterocycles. The second kappa shape index (κ2) is 8.00. The van der Waals surface area contributed by atoms with E-state index in [-0.39, 0.29) is 11.7 Å². The highest BCUT2D eigenvalue weighted by Crippen LogP contribution is 2.30. The van der Waals surface area contributed by atoms with Gasteiger partial charge in [0.1, 0.15) is 0 Å². The Kier molecular flexibility index (Phi) is 5.67. The molecule has 3 rings (SSSR count). The normalized spacial score (nSPS) is 14.8. The van der Waals surface area contributed by atoms with Crippen molar-refractivity contribution in [1.82, 2.24) is 4.90 Å². The molecule has 0 aliphatic carbocycles. The molecule has 1 aliphatic heterocycles. The average Bonchev–Trinajstić information content (AvgIpc) is 2.68. The number of alkyl halides is 3. The number of carbonyl (C=O) groups is 1. The first kappa shape index (κ1) is 19.9. The number of hydrogen-bond acceptors (Lipinski definition) is 3. The van der Waals surface area contributed by atoms with Crippen LogP contribution in [-0.4, -0.2) is 51.2 Å². The lowest BCUT2D eigenvalue weighted by Gasteiger charge is -2.36. The highest BCUT2D eigenvalue weighted by Gasteiger charge is 2.30. The summed E-state index contributed by atoms with van der Waals surface area (Å²) >= 11 is 0. The maximum Gasteiger partial charge on any atom is 0.416 e. The van der Waals surface area contributed by atoms with E-state index in [4.69, 9.17) is 0 Å². The molecule has 5 nitrogen and oxygen atoms in total. The van der Waals surface area contributed by atoms with Crippen molar-refractivity contribution in [2.45, 2.75) is 6.18 Å². The van der Waals surface area contributed by atoms with Gasteiger partial charge in [-0.2, -0.15) is 13.2 Å². The SMILES string of the molecule is CN(C)c1ccc(N2CCN(C(=O)Nc3cccc(C(F)(F)F)c3)CC2)cc1. The third-order valence-corrected chi connectivity index (χ3v) is 4.74. The van der Waals surface area contributed by atoms with Gasteiger partial charge in [0.05, 0.1) is 5.56 Å². The number of amides is 2. The third kappa shape index (κ3) is 4.68. The van der Waals surface area contributed by atoms with E-state index in [0.717, 1.165) is 23.5 Å². The molecule has 2 aromatic rings. The number of carbonyl (C=O) groups excluding carboxylic acids is 1. The van der Waals surface area contributed by atoms with E-state index in [2.05, 4.69) is 10.2 Å². The van der Waals surface area contributed by atoms with E-state index in [1.807, 2.05) is 43.3 Å². The van der Waals surface area contributed by atoms with Gasteiger partial charge in [0.25, 0.3) is 0 Å². The van der Waals surface area contributed by atoms with Gasteiger partial charge in [0.2, 0.25) is 0 Å². The average molecular weight is 392 g/mol. The summed E-state index contributed by atoms with van der Waals surface area (Å²) in [5, 5.41) is 2.56. The Hall–Kier alpha value is -2.90. The fraction of sp³-hybridized carbons (Fsp3) is 0.350. The Labute approximate surface area is 162 Å². The number of anilines is 3. The molecule has 150 valence electrons. The molecule has 28 heavy (non-hydrogen) atoms. The van der Waals surface area contributed by atoms with Crippen molar-refractivity contribution in [3.05, 3.63) is 54.1 Å². The minimum Gasteiger partial charge on any atom is -0.378 e. The number of hydrogen-bond donors (Lipinski definition) is 1. The van der Waals surface area contributed by atoms with E-state index in [9.17, 15) is 18.0 Å². The summed E-state index contributed by atoms with van der Waals surface area (Å²) in [5.41, 5.74) is 1.56. The van der Waals surface area contributed by atoms with Crippen LogP contribution in [0.3, 0.4) is 0 Å². The van der Waals surface area contributed by atoms with Crippen LogP contribution in [0.5, 0.6) is 0 Å². The van der Waals surface area contributed by atoms with Gasteiger partial charge in [-0.05, 0) is 42.5 Å². The smallest absolute Gasteiger partial charge is 0.378 e. The monoisotopic (exact) mass is 392 g/mol. The fourth-order valence-electron chi connectivity index (χ4n) is 3.11. The molecule has 0 atom stereocenters. The number of rotatable bonds is 3. The largest absolute Gasteiger partial charge is 0.416 e. The van der Waals surface area contributed by atoms with Crippen LogP contribution in [-0.2, 0) is 6.18 Å². The summed E-state index contributed by atoms with van der Waals surface area (Å²) in [6.07, 6.45) is -4.44. The fourth-order valence-corrected chi connectivity index (χ4v) is 3.11. The van der Waals surface area contributed by atoms with Gasteiger partial charge in [-0.1, -0.05) is 6.07 Å². The first-order valence-corrected chi connectivity index (χ1v) is 8.99. The Bertz CT molecular complexity index is 813. The van der Waals surface area contributed by atoms with Crippen molar-refractivity contribution in [1.29, 1.82) is 0 Å². The summed E-state index contributed by atoms with van der Waals surface area (Å²) in [5.74, 6) is 0. The van der Waals surface area contributed by atoms with E-state index in [0.29, 0.717) is 26.2 Å². The van der Waals surface area contributed by atoms with Gasteiger partial charge in [-0.15, -0.1) is 0 Å². The summed E-state index contributed by atoms with van der Waals surface area (Å²) < 4.78 is 38.4. The van der Waals surface area contributed by atoms with Crippen LogP contribution in [0, 0.1) is 0 Å². The van der Waals surface area contributed by atoms with Gasteiger partial charge in [0, 0.05) is 57.3 Å². The van der Waals surface area contributed by atoms with Crippen LogP contribution >= 0.6 is 0 Å². The first-order valence-electron chi connectivity index (χ1n) is 8.99. The van der Waals surface area contributed by atoms with Crippen molar-refractivity contribution in [2.24, 2.45) is 0 Å². The van der Waals surface area contributed by atoms with Crippen LogP contribution in [0.1, 0.15) is 5.56 Å². The van der Waals surface area contributed by atoms with Gasteiger partial charge in [0.15, 0.2) is 0 Å². The predicted octanol–water partition coefficient (Wildman–Crippen LogP) is 4.13. The molecule has 1 aliphatic rings. The lowest BCUT2D eigenvalue weighted by Crippen LogP contribution is -2.50. The summed E-state index contributed by atoms with van der Waals surface area (Å²) in [4.78, 5) is 18.2. The van der Waals surface area contributed by atoms with Crippen LogP contribution < -0.4 is 15.1 Å². The van der Waals surface area contributed by atoms with Crippen molar-refractivity contribution >= 4 is 23.1 Å². The number of piperazine rings is 1. The first-order chi connectivity index (χ1) is 13.2. The number of benzene rings is 2. The highest BCUT2D eigenvalue weighted by molar-refractivity contribution is 5.89. The van der Waals surface area contributed by atoms with E-state index >= 15 is 0 Å². The maximum atomic E-state index is 12.8. The van der Waals surface area contributed by atoms with Crippen molar-refractivity contribution in [2.75, 3.05) is 55.4 Å². The number of nitrogens with one attached hydrogen (secondary N) is 1. The highest BCUT2D eigenvalue weighted by atomic mass is 19.4. The van der Waals surface area contributed by atoms with Crippen molar-refractivity contribution in [3.8, 4) is 0 Å². The molecule has 0 radical (unpaired) electrons. The van der Waals surface area contributed by atoms with Crippen LogP contribution in [0.15, 0.2) is 48.5 Å². The van der Waals surface area contributed by atoms with Crippen LogP contribution in [0.2, 0.25) is 0 Å². The zero-order chi connectivity index (χ0) is 20.3. The van der Waals surface area contributed by atoms with E-state index < -0.39 is 11.7 Å². The second-order valence-electron chi connectivity index (χ2n) is 6.89. The molecule has 0 saturated carbocycles. The Balaban J connectivity index is 1.57. The zero-order valence-corrected chi connectivity index (χ0v) is 15.8. The Morgan fingerprint density at radius 2 is 1.64 bits per heavy atom. The molecule has 8 heteroatoms. The predicted molar refractivity (Wildman–Crippen MR) is 105 cm³/mol. The molecule has 0 spiro atoms. The Morgan fingerprint density at radius 3 is 2.21 bits per heavy atom. The molecule has 2 amide bonds. The van der Waals surface area contributed by atoms with Gasteiger partial charge >= 0.3 is 12.2 Å². The molecular weight excluding hydrogens is 369 g/mol. The Morgan fingerprint density at radius 1 is 1.00 bits per heavy atom. The lowest BCUT2D eigenvalue weighted by molar-refractivity contribution is -0.137. The van der Waals surface area contributed by atoms with Gasteiger partial charge < -0.3 is 20.0 Å². The van der Waals surface area contributed by atoms with Crippen LogP contribution in [0.4, 0.5) is 35.0 Å².